The van der Waals surface area contributed by atoms with Crippen LogP contribution in [-0.4, -0.2) is 31.3 Å². The van der Waals surface area contributed by atoms with Crippen molar-refractivity contribution in [3.63, 3.8) is 0 Å². The Morgan fingerprint density at radius 1 is 1.15 bits per heavy atom. The predicted molar refractivity (Wildman–Crippen MR) is 104 cm³/mol. The predicted octanol–water partition coefficient (Wildman–Crippen LogP) is 3.97. The summed E-state index contributed by atoms with van der Waals surface area (Å²) in [4.78, 5) is 17.6. The first kappa shape index (κ1) is 18.7. The Balaban J connectivity index is 1.98. The molecule has 138 valence electrons. The van der Waals surface area contributed by atoms with E-state index in [9.17, 15) is 4.79 Å². The van der Waals surface area contributed by atoms with Crippen molar-refractivity contribution in [3.8, 4) is 17.6 Å². The number of carbonyl (C=O) groups excluding carboxylic acids is 1. The number of benzene rings is 2. The van der Waals surface area contributed by atoms with Gasteiger partial charge in [0.25, 0.3) is 0 Å². The summed E-state index contributed by atoms with van der Waals surface area (Å²) in [5.41, 5.74) is 3.57. The van der Waals surface area contributed by atoms with Crippen LogP contribution in [0, 0.1) is 11.3 Å². The van der Waals surface area contributed by atoms with Crippen LogP contribution in [0.3, 0.4) is 0 Å². The van der Waals surface area contributed by atoms with Crippen LogP contribution in [0.2, 0.25) is 0 Å². The minimum atomic E-state index is -0.299. The fourth-order valence-corrected chi connectivity index (χ4v) is 3.39. The van der Waals surface area contributed by atoms with E-state index in [1.807, 2.05) is 12.1 Å². The van der Waals surface area contributed by atoms with Gasteiger partial charge in [0.05, 0.1) is 43.5 Å². The van der Waals surface area contributed by atoms with Crippen molar-refractivity contribution in [1.82, 2.24) is 0 Å². The van der Waals surface area contributed by atoms with Gasteiger partial charge in [-0.15, -0.1) is 0 Å². The van der Waals surface area contributed by atoms with Gasteiger partial charge >= 0.3 is 0 Å². The number of fused-ring (bicyclic) bond motifs is 1. The molecule has 5 heteroatoms. The number of aliphatic imine (C=N–C) groups is 1. The zero-order valence-electron chi connectivity index (χ0n) is 16.0. The first-order valence-corrected chi connectivity index (χ1v) is 8.74. The first-order chi connectivity index (χ1) is 12.9. The molecule has 2 aromatic rings. The molecule has 1 aliphatic rings. The van der Waals surface area contributed by atoms with E-state index in [0.717, 1.165) is 23.3 Å². The van der Waals surface area contributed by atoms with Gasteiger partial charge in [0, 0.05) is 11.1 Å². The molecule has 2 aromatic carbocycles. The molecule has 0 radical (unpaired) electrons. The largest absolute Gasteiger partial charge is 0.493 e. The molecule has 0 N–H and O–H groups in total. The van der Waals surface area contributed by atoms with E-state index >= 15 is 0 Å². The molecule has 0 saturated carbocycles. The van der Waals surface area contributed by atoms with Crippen molar-refractivity contribution < 1.29 is 14.3 Å². The maximum atomic E-state index is 12.8. The van der Waals surface area contributed by atoms with Gasteiger partial charge in [-0.2, -0.15) is 5.26 Å². The molecule has 0 fully saturated rings. The summed E-state index contributed by atoms with van der Waals surface area (Å²) in [5.74, 6) is 1.26. The molecule has 0 bridgehead atoms. The number of rotatable bonds is 5. The van der Waals surface area contributed by atoms with E-state index in [1.165, 1.54) is 0 Å². The monoisotopic (exact) mass is 362 g/mol. The number of ketones is 1. The zero-order valence-corrected chi connectivity index (χ0v) is 16.0. The van der Waals surface area contributed by atoms with Crippen molar-refractivity contribution >= 4 is 11.5 Å². The summed E-state index contributed by atoms with van der Waals surface area (Å²) in [6.45, 7) is 4.11. The molecular formula is C22H22N2O3. The Morgan fingerprint density at radius 3 is 2.37 bits per heavy atom. The van der Waals surface area contributed by atoms with Gasteiger partial charge in [-0.3, -0.25) is 9.79 Å². The van der Waals surface area contributed by atoms with Gasteiger partial charge in [0.2, 0.25) is 0 Å². The zero-order chi connectivity index (χ0) is 19.6. The van der Waals surface area contributed by atoms with E-state index in [0.29, 0.717) is 22.6 Å². The number of ether oxygens (including phenoxy) is 2. The van der Waals surface area contributed by atoms with E-state index in [4.69, 9.17) is 19.7 Å². The Labute approximate surface area is 159 Å². The fraction of sp³-hybridized carbons (Fsp3) is 0.318. The first-order valence-electron chi connectivity index (χ1n) is 8.74. The Kier molecular flexibility index (Phi) is 5.00. The van der Waals surface area contributed by atoms with Crippen molar-refractivity contribution in [2.75, 3.05) is 14.2 Å². The van der Waals surface area contributed by atoms with Crippen LogP contribution in [-0.2, 0) is 6.42 Å². The van der Waals surface area contributed by atoms with E-state index in [1.54, 1.807) is 38.5 Å². The molecule has 0 saturated heterocycles. The lowest BCUT2D eigenvalue weighted by Gasteiger charge is -2.29. The lowest BCUT2D eigenvalue weighted by molar-refractivity contribution is 0.100. The maximum absolute atomic E-state index is 12.8. The number of hydrogen-bond acceptors (Lipinski definition) is 5. The third-order valence-electron chi connectivity index (χ3n) is 4.64. The van der Waals surface area contributed by atoms with Crippen LogP contribution < -0.4 is 9.47 Å². The van der Waals surface area contributed by atoms with E-state index < -0.39 is 0 Å². The molecule has 0 spiro atoms. The van der Waals surface area contributed by atoms with Gasteiger partial charge in [-0.1, -0.05) is 12.1 Å². The van der Waals surface area contributed by atoms with Crippen molar-refractivity contribution in [1.29, 1.82) is 5.26 Å². The van der Waals surface area contributed by atoms with Gasteiger partial charge < -0.3 is 9.47 Å². The van der Waals surface area contributed by atoms with Gasteiger partial charge in [0.1, 0.15) is 0 Å². The Morgan fingerprint density at radius 2 is 1.78 bits per heavy atom. The third-order valence-corrected chi connectivity index (χ3v) is 4.64. The Hall–Kier alpha value is -3.13. The van der Waals surface area contributed by atoms with E-state index in [-0.39, 0.29) is 17.7 Å². The van der Waals surface area contributed by atoms with E-state index in [2.05, 4.69) is 19.9 Å². The van der Waals surface area contributed by atoms with Crippen LogP contribution >= 0.6 is 0 Å². The van der Waals surface area contributed by atoms with Gasteiger partial charge in [-0.05, 0) is 50.1 Å². The minimum Gasteiger partial charge on any atom is -0.493 e. The quantitative estimate of drug-likeness (QED) is 0.755. The summed E-state index contributed by atoms with van der Waals surface area (Å²) in [7, 11) is 3.21. The molecule has 5 nitrogen and oxygen atoms in total. The molecule has 3 rings (SSSR count). The van der Waals surface area contributed by atoms with Crippen LogP contribution in [0.4, 0.5) is 0 Å². The van der Waals surface area contributed by atoms with Crippen molar-refractivity contribution in [2.45, 2.75) is 32.2 Å². The average molecular weight is 362 g/mol. The number of Topliss-reactive ketones (excluding diaryl/α,β-unsaturated/α-hetero) is 1. The highest BCUT2D eigenvalue weighted by atomic mass is 16.5. The molecule has 0 atom stereocenters. The second-order valence-electron chi connectivity index (χ2n) is 7.20. The lowest BCUT2D eigenvalue weighted by atomic mass is 9.85. The molecule has 0 aliphatic carbocycles. The molecule has 0 unspecified atom stereocenters. The highest BCUT2D eigenvalue weighted by Gasteiger charge is 2.29. The van der Waals surface area contributed by atoms with Crippen molar-refractivity contribution in [2.24, 2.45) is 4.99 Å². The number of nitriles is 1. The third kappa shape index (κ3) is 3.85. The summed E-state index contributed by atoms with van der Waals surface area (Å²) in [6.07, 6.45) is 0.953. The second-order valence-corrected chi connectivity index (χ2v) is 7.20. The molecule has 0 aromatic heterocycles. The van der Waals surface area contributed by atoms with Crippen molar-refractivity contribution in [3.05, 3.63) is 58.7 Å². The highest BCUT2D eigenvalue weighted by Crippen LogP contribution is 2.36. The average Bonchev–Trinajstić information content (AvgIpc) is 2.66. The standard InChI is InChI=1S/C22H22N2O3/c1-22(2)12-16-9-20(26-3)21(27-4)10-17(16)18(24-22)11-19(25)15-7-5-14(13-23)6-8-15/h5-10H,11-12H2,1-4H3. The number of hydrogen-bond donors (Lipinski definition) is 0. The maximum Gasteiger partial charge on any atom is 0.168 e. The number of nitrogens with zero attached hydrogens (tertiary/aromatic N) is 2. The molecular weight excluding hydrogens is 340 g/mol. The lowest BCUT2D eigenvalue weighted by Crippen LogP contribution is -2.30. The summed E-state index contributed by atoms with van der Waals surface area (Å²) in [5, 5.41) is 8.91. The summed E-state index contributed by atoms with van der Waals surface area (Å²) >= 11 is 0. The molecule has 27 heavy (non-hydrogen) atoms. The van der Waals surface area contributed by atoms with Crippen LogP contribution in [0.1, 0.15) is 47.3 Å². The van der Waals surface area contributed by atoms with Crippen LogP contribution in [0.5, 0.6) is 11.5 Å². The topological polar surface area (TPSA) is 71.7 Å². The summed E-state index contributed by atoms with van der Waals surface area (Å²) < 4.78 is 10.8. The SMILES string of the molecule is COc1cc2c(cc1OC)C(CC(=O)c1ccc(C#N)cc1)=NC(C)(C)C2. The number of methoxy groups -OCH3 is 2. The minimum absolute atomic E-state index is 0.0309. The van der Waals surface area contributed by atoms with Crippen LogP contribution in [0.25, 0.3) is 0 Å². The second kappa shape index (κ2) is 7.24. The molecule has 1 heterocycles. The fourth-order valence-electron chi connectivity index (χ4n) is 3.39. The normalized spacial score (nSPS) is 14.6. The molecule has 1 aliphatic heterocycles. The van der Waals surface area contributed by atoms with Gasteiger partial charge in [0.15, 0.2) is 17.3 Å². The van der Waals surface area contributed by atoms with Gasteiger partial charge in [-0.25, -0.2) is 0 Å². The smallest absolute Gasteiger partial charge is 0.168 e. The van der Waals surface area contributed by atoms with Crippen LogP contribution in [0.15, 0.2) is 41.4 Å². The number of carbonyl (C=O) groups is 1. The summed E-state index contributed by atoms with van der Waals surface area (Å²) in [6, 6.07) is 12.6. The Bertz CT molecular complexity index is 951. The molecule has 0 amide bonds. The highest BCUT2D eigenvalue weighted by molar-refractivity contribution is 6.17.